The first-order chi connectivity index (χ1) is 20.4. The molecule has 0 amide bonds. The summed E-state index contributed by atoms with van der Waals surface area (Å²) in [6.07, 6.45) is 0.450. The molecule has 0 spiro atoms. The fraction of sp³-hybridized carbons (Fsp3) is 0.206. The third-order valence-electron chi connectivity index (χ3n) is 7.30. The summed E-state index contributed by atoms with van der Waals surface area (Å²) in [7, 11) is 3.30. The largest absolute Gasteiger partial charge is 0.496 e. The number of methoxy groups -OCH3 is 2. The Labute approximate surface area is 256 Å². The Morgan fingerprint density at radius 1 is 0.810 bits per heavy atom. The van der Waals surface area contributed by atoms with Gasteiger partial charge in [0.2, 0.25) is 0 Å². The van der Waals surface area contributed by atoms with Crippen LogP contribution in [0.2, 0.25) is 10.0 Å². The van der Waals surface area contributed by atoms with E-state index in [4.69, 9.17) is 37.4 Å². The van der Waals surface area contributed by atoms with Gasteiger partial charge in [0, 0.05) is 44.7 Å². The van der Waals surface area contributed by atoms with Crippen molar-refractivity contribution in [2.24, 2.45) is 0 Å². The SMILES string of the molecule is CCOC(=O)C1=C(Nc2ccc(Cl)cc2)CC(c2ccccc2OC)N(c2ccc(Cl)cc2)C1c1ccccc1OC. The number of hydrogen-bond acceptors (Lipinski definition) is 6. The van der Waals surface area contributed by atoms with E-state index in [2.05, 4.69) is 16.3 Å². The maximum atomic E-state index is 14.0. The van der Waals surface area contributed by atoms with Crippen molar-refractivity contribution in [2.75, 3.05) is 31.0 Å². The van der Waals surface area contributed by atoms with Gasteiger partial charge in [-0.05, 0) is 67.6 Å². The highest BCUT2D eigenvalue weighted by Crippen LogP contribution is 2.51. The second kappa shape index (κ2) is 13.2. The number of rotatable bonds is 9. The lowest BCUT2D eigenvalue weighted by Crippen LogP contribution is -2.42. The van der Waals surface area contributed by atoms with Gasteiger partial charge in [-0.15, -0.1) is 0 Å². The Kier molecular flexibility index (Phi) is 9.25. The average molecular weight is 604 g/mol. The van der Waals surface area contributed by atoms with Gasteiger partial charge in [0.25, 0.3) is 0 Å². The third-order valence-corrected chi connectivity index (χ3v) is 7.80. The first kappa shape index (κ1) is 29.4. The number of benzene rings is 4. The molecule has 1 aliphatic rings. The minimum Gasteiger partial charge on any atom is -0.496 e. The summed E-state index contributed by atoms with van der Waals surface area (Å²) in [6, 6.07) is 29.9. The molecule has 6 nitrogen and oxygen atoms in total. The molecule has 4 aromatic carbocycles. The number of halogens is 2. The number of esters is 1. The molecule has 0 saturated carbocycles. The van der Waals surface area contributed by atoms with Gasteiger partial charge in [-0.25, -0.2) is 4.79 Å². The Balaban J connectivity index is 1.83. The standard InChI is InChI=1S/C34H32Cl2N2O4/c1-4-42-34(39)32-28(37-24-17-13-22(35)14-18-24)21-29(26-9-5-7-11-30(26)40-2)38(25-19-15-23(36)16-20-25)33(32)27-10-6-8-12-31(27)41-3/h5-20,29,33,37H,4,21H2,1-3H3. The predicted octanol–water partition coefficient (Wildman–Crippen LogP) is 8.63. The Bertz CT molecular complexity index is 1570. The molecule has 0 radical (unpaired) electrons. The van der Waals surface area contributed by atoms with Crippen molar-refractivity contribution in [3.63, 3.8) is 0 Å². The molecule has 0 aliphatic carbocycles. The summed E-state index contributed by atoms with van der Waals surface area (Å²) in [5.41, 5.74) is 4.67. The van der Waals surface area contributed by atoms with E-state index >= 15 is 0 Å². The first-order valence-corrected chi connectivity index (χ1v) is 14.4. The van der Waals surface area contributed by atoms with E-state index < -0.39 is 12.0 Å². The van der Waals surface area contributed by atoms with E-state index in [0.717, 1.165) is 33.9 Å². The third kappa shape index (κ3) is 6.06. The van der Waals surface area contributed by atoms with Crippen molar-refractivity contribution in [3.05, 3.63) is 130 Å². The molecule has 1 N–H and O–H groups in total. The maximum Gasteiger partial charge on any atom is 0.338 e. The number of carbonyl (C=O) groups excluding carboxylic acids is 1. The molecule has 1 aliphatic heterocycles. The lowest BCUT2D eigenvalue weighted by molar-refractivity contribution is -0.139. The molecule has 4 aromatic rings. The second-order valence-corrected chi connectivity index (χ2v) is 10.6. The Morgan fingerprint density at radius 3 is 1.95 bits per heavy atom. The molecular weight excluding hydrogens is 571 g/mol. The topological polar surface area (TPSA) is 60.0 Å². The summed E-state index contributed by atoms with van der Waals surface area (Å²) in [5.74, 6) is 0.975. The van der Waals surface area contributed by atoms with Crippen molar-refractivity contribution in [3.8, 4) is 11.5 Å². The molecule has 5 rings (SSSR count). The fourth-order valence-corrected chi connectivity index (χ4v) is 5.75. The molecule has 1 heterocycles. The van der Waals surface area contributed by atoms with Gasteiger partial charge >= 0.3 is 5.97 Å². The minimum absolute atomic E-state index is 0.228. The summed E-state index contributed by atoms with van der Waals surface area (Å²) in [4.78, 5) is 16.2. The van der Waals surface area contributed by atoms with Crippen LogP contribution in [-0.2, 0) is 9.53 Å². The quantitative estimate of drug-likeness (QED) is 0.193. The first-order valence-electron chi connectivity index (χ1n) is 13.7. The summed E-state index contributed by atoms with van der Waals surface area (Å²) >= 11 is 12.5. The maximum absolute atomic E-state index is 14.0. The minimum atomic E-state index is -0.597. The van der Waals surface area contributed by atoms with Crippen LogP contribution in [0.3, 0.4) is 0 Å². The molecular formula is C34H32Cl2N2O4. The molecule has 0 aromatic heterocycles. The molecule has 0 bridgehead atoms. The Hall–Kier alpha value is -4.13. The van der Waals surface area contributed by atoms with Crippen LogP contribution >= 0.6 is 23.2 Å². The number of nitrogens with zero attached hydrogens (tertiary/aromatic N) is 1. The molecule has 216 valence electrons. The van der Waals surface area contributed by atoms with E-state index in [9.17, 15) is 4.79 Å². The van der Waals surface area contributed by atoms with Crippen LogP contribution < -0.4 is 19.7 Å². The molecule has 0 fully saturated rings. The molecule has 42 heavy (non-hydrogen) atoms. The number of hydrogen-bond donors (Lipinski definition) is 1. The van der Waals surface area contributed by atoms with Crippen LogP contribution in [-0.4, -0.2) is 26.8 Å². The molecule has 2 unspecified atom stereocenters. The normalized spacial score (nSPS) is 16.6. The summed E-state index contributed by atoms with van der Waals surface area (Å²) in [6.45, 7) is 2.03. The van der Waals surface area contributed by atoms with E-state index in [1.807, 2.05) is 91.0 Å². The van der Waals surface area contributed by atoms with E-state index in [0.29, 0.717) is 27.8 Å². The lowest BCUT2D eigenvalue weighted by atomic mass is 9.83. The average Bonchev–Trinajstić information content (AvgIpc) is 3.02. The van der Waals surface area contributed by atoms with E-state index in [1.54, 1.807) is 21.1 Å². The number of nitrogens with one attached hydrogen (secondary N) is 1. The summed E-state index contributed by atoms with van der Waals surface area (Å²) < 4.78 is 17.4. The highest BCUT2D eigenvalue weighted by atomic mass is 35.5. The fourth-order valence-electron chi connectivity index (χ4n) is 5.50. The predicted molar refractivity (Wildman–Crippen MR) is 169 cm³/mol. The van der Waals surface area contributed by atoms with Gasteiger partial charge in [0.15, 0.2) is 0 Å². The van der Waals surface area contributed by atoms with Crippen molar-refractivity contribution in [2.45, 2.75) is 25.4 Å². The zero-order valence-electron chi connectivity index (χ0n) is 23.6. The molecule has 2 atom stereocenters. The monoisotopic (exact) mass is 602 g/mol. The van der Waals surface area contributed by atoms with Crippen molar-refractivity contribution >= 4 is 40.5 Å². The van der Waals surface area contributed by atoms with Crippen molar-refractivity contribution in [1.29, 1.82) is 0 Å². The van der Waals surface area contributed by atoms with Gasteiger partial charge in [0.05, 0.1) is 38.5 Å². The van der Waals surface area contributed by atoms with Crippen LogP contribution in [0.1, 0.15) is 36.6 Å². The van der Waals surface area contributed by atoms with Gasteiger partial charge in [-0.3, -0.25) is 0 Å². The number of ether oxygens (including phenoxy) is 3. The van der Waals surface area contributed by atoms with Gasteiger partial charge in [0.1, 0.15) is 11.5 Å². The van der Waals surface area contributed by atoms with Crippen molar-refractivity contribution in [1.82, 2.24) is 0 Å². The lowest BCUT2D eigenvalue weighted by Gasteiger charge is -2.46. The van der Waals surface area contributed by atoms with Crippen LogP contribution in [0.15, 0.2) is 108 Å². The zero-order valence-corrected chi connectivity index (χ0v) is 25.2. The van der Waals surface area contributed by atoms with Gasteiger partial charge < -0.3 is 24.4 Å². The van der Waals surface area contributed by atoms with Gasteiger partial charge in [-0.1, -0.05) is 59.6 Å². The van der Waals surface area contributed by atoms with E-state index in [-0.39, 0.29) is 12.6 Å². The van der Waals surface area contributed by atoms with Crippen molar-refractivity contribution < 1.29 is 19.0 Å². The van der Waals surface area contributed by atoms with Crippen LogP contribution in [0.5, 0.6) is 11.5 Å². The summed E-state index contributed by atoms with van der Waals surface area (Å²) in [5, 5.41) is 4.78. The number of para-hydroxylation sites is 2. The number of carbonyl (C=O) groups is 1. The molecule has 8 heteroatoms. The highest BCUT2D eigenvalue weighted by Gasteiger charge is 2.43. The van der Waals surface area contributed by atoms with Crippen LogP contribution in [0, 0.1) is 0 Å². The van der Waals surface area contributed by atoms with E-state index in [1.165, 1.54) is 0 Å². The second-order valence-electron chi connectivity index (χ2n) is 9.73. The zero-order chi connectivity index (χ0) is 29.6. The van der Waals surface area contributed by atoms with Gasteiger partial charge in [-0.2, -0.15) is 0 Å². The smallest absolute Gasteiger partial charge is 0.338 e. The highest BCUT2D eigenvalue weighted by molar-refractivity contribution is 6.30. The van der Waals surface area contributed by atoms with Crippen LogP contribution in [0.4, 0.5) is 11.4 Å². The Morgan fingerprint density at radius 2 is 1.36 bits per heavy atom. The molecule has 0 saturated heterocycles. The van der Waals surface area contributed by atoms with Crippen LogP contribution in [0.25, 0.3) is 0 Å². The number of anilines is 2.